The summed E-state index contributed by atoms with van der Waals surface area (Å²) in [7, 11) is 0. The Bertz CT molecular complexity index is 345. The summed E-state index contributed by atoms with van der Waals surface area (Å²) in [5, 5.41) is 3.41. The number of rotatable bonds is 1. The molecule has 0 amide bonds. The zero-order chi connectivity index (χ0) is 10.9. The average Bonchev–Trinajstić information content (AvgIpc) is 2.19. The first-order chi connectivity index (χ1) is 7.09. The van der Waals surface area contributed by atoms with Crippen molar-refractivity contribution in [3.05, 3.63) is 35.6 Å². The van der Waals surface area contributed by atoms with E-state index in [2.05, 4.69) is 19.2 Å². The van der Waals surface area contributed by atoms with Gasteiger partial charge in [-0.1, -0.05) is 26.0 Å². The molecule has 0 saturated carbocycles. The van der Waals surface area contributed by atoms with E-state index in [-0.39, 0.29) is 175 Å². The standard InChI is InChI=1S/C13H18FN.5Y/c1-13(2)9-15-8-7-12(13)10-3-5-11(14)6-4-10;;;;;/h3-6,12,15H,7-9H2,1-2H3;;;;;. The number of halogens is 1. The monoisotopic (exact) mass is 652 g/mol. The normalized spacial score (nSPS) is 18.9. The summed E-state index contributed by atoms with van der Waals surface area (Å²) >= 11 is 0. The van der Waals surface area contributed by atoms with Crippen LogP contribution in [0.15, 0.2) is 24.3 Å². The maximum absolute atomic E-state index is 12.8. The molecule has 0 bridgehead atoms. The van der Waals surface area contributed by atoms with Crippen LogP contribution in [0.3, 0.4) is 0 Å². The van der Waals surface area contributed by atoms with E-state index >= 15 is 0 Å². The van der Waals surface area contributed by atoms with Gasteiger partial charge in [0.1, 0.15) is 5.82 Å². The molecule has 1 aromatic rings. The summed E-state index contributed by atoms with van der Waals surface area (Å²) in [4.78, 5) is 0. The summed E-state index contributed by atoms with van der Waals surface area (Å²) in [6, 6.07) is 6.97. The van der Waals surface area contributed by atoms with Crippen molar-refractivity contribution in [2.75, 3.05) is 13.1 Å². The van der Waals surface area contributed by atoms with Crippen molar-refractivity contribution in [2.45, 2.75) is 26.2 Å². The Morgan fingerprint density at radius 2 is 1.50 bits per heavy atom. The van der Waals surface area contributed by atoms with Gasteiger partial charge in [-0.05, 0) is 42.0 Å². The molecule has 1 aliphatic rings. The summed E-state index contributed by atoms with van der Waals surface area (Å²) in [5.41, 5.74) is 1.53. The molecule has 7 heteroatoms. The molecule has 2 rings (SSSR count). The third-order valence-corrected chi connectivity index (χ3v) is 3.41. The second-order valence-corrected chi connectivity index (χ2v) is 5.06. The molecule has 0 spiro atoms. The van der Waals surface area contributed by atoms with Crippen LogP contribution in [0.2, 0.25) is 0 Å². The summed E-state index contributed by atoms with van der Waals surface area (Å²) < 4.78 is 12.8. The number of benzene rings is 1. The SMILES string of the molecule is CC1(C)CNCCC1c1ccc(F)cc1.[Y].[Y].[Y].[Y].[Y]. The summed E-state index contributed by atoms with van der Waals surface area (Å²) in [6.07, 6.45) is 1.14. The Labute approximate surface area is 248 Å². The molecule has 20 heavy (non-hydrogen) atoms. The van der Waals surface area contributed by atoms with Gasteiger partial charge in [0.2, 0.25) is 0 Å². The van der Waals surface area contributed by atoms with Gasteiger partial charge in [0.15, 0.2) is 0 Å². The van der Waals surface area contributed by atoms with Crippen molar-refractivity contribution in [1.82, 2.24) is 5.32 Å². The molecule has 1 unspecified atom stereocenters. The van der Waals surface area contributed by atoms with Crippen LogP contribution in [0.1, 0.15) is 31.7 Å². The zero-order valence-electron chi connectivity index (χ0n) is 12.3. The Hall–Kier alpha value is 4.63. The molecule has 1 heterocycles. The molecule has 0 aliphatic carbocycles. The average molecular weight is 652 g/mol. The molecule has 1 saturated heterocycles. The molecule has 1 aromatic carbocycles. The third kappa shape index (κ3) is 9.94. The van der Waals surface area contributed by atoms with Gasteiger partial charge >= 0.3 is 0 Å². The van der Waals surface area contributed by atoms with Crippen LogP contribution in [-0.4, -0.2) is 13.1 Å². The van der Waals surface area contributed by atoms with E-state index in [9.17, 15) is 4.39 Å². The molecule has 1 nitrogen and oxygen atoms in total. The van der Waals surface area contributed by atoms with Gasteiger partial charge in [0.25, 0.3) is 0 Å². The van der Waals surface area contributed by atoms with Gasteiger partial charge in [-0.2, -0.15) is 0 Å². The van der Waals surface area contributed by atoms with Gasteiger partial charge in [-0.3, -0.25) is 0 Å². The van der Waals surface area contributed by atoms with Crippen LogP contribution in [0, 0.1) is 11.2 Å². The maximum Gasteiger partial charge on any atom is 0.123 e. The molecule has 1 N–H and O–H groups in total. The molecule has 1 atom stereocenters. The van der Waals surface area contributed by atoms with Crippen molar-refractivity contribution < 1.29 is 168 Å². The predicted molar refractivity (Wildman–Crippen MR) is 60.4 cm³/mol. The Morgan fingerprint density at radius 3 is 1.95 bits per heavy atom. The van der Waals surface area contributed by atoms with Gasteiger partial charge < -0.3 is 5.32 Å². The van der Waals surface area contributed by atoms with E-state index in [1.807, 2.05) is 12.1 Å². The fourth-order valence-electron chi connectivity index (χ4n) is 2.48. The van der Waals surface area contributed by atoms with Crippen molar-refractivity contribution in [3.63, 3.8) is 0 Å². The van der Waals surface area contributed by atoms with Crippen LogP contribution in [0.5, 0.6) is 0 Å². The molecule has 1 aliphatic heterocycles. The van der Waals surface area contributed by atoms with E-state index in [1.165, 1.54) is 5.56 Å². The van der Waals surface area contributed by atoms with E-state index < -0.39 is 0 Å². The summed E-state index contributed by atoms with van der Waals surface area (Å²) in [5.74, 6) is 0.393. The number of piperidine rings is 1. The minimum atomic E-state index is -0.148. The van der Waals surface area contributed by atoms with Crippen LogP contribution in [0.4, 0.5) is 4.39 Å². The van der Waals surface area contributed by atoms with E-state index in [0.29, 0.717) is 5.92 Å². The first-order valence-corrected chi connectivity index (χ1v) is 5.56. The zero-order valence-corrected chi connectivity index (χ0v) is 26.5. The molecule has 0 aromatic heterocycles. The van der Waals surface area contributed by atoms with Crippen LogP contribution in [0.25, 0.3) is 0 Å². The number of nitrogens with one attached hydrogen (secondary N) is 1. The van der Waals surface area contributed by atoms with Gasteiger partial charge in [-0.15, -0.1) is 0 Å². The van der Waals surface area contributed by atoms with Crippen molar-refractivity contribution in [1.29, 1.82) is 0 Å². The second-order valence-electron chi connectivity index (χ2n) is 5.06. The van der Waals surface area contributed by atoms with Crippen molar-refractivity contribution in [2.24, 2.45) is 5.41 Å². The third-order valence-electron chi connectivity index (χ3n) is 3.41. The Kier molecular flexibility index (Phi) is 25.6. The first-order valence-electron chi connectivity index (χ1n) is 5.56. The van der Waals surface area contributed by atoms with E-state index in [4.69, 9.17) is 0 Å². The molecule has 5 radical (unpaired) electrons. The van der Waals surface area contributed by atoms with Crippen LogP contribution in [-0.2, 0) is 164 Å². The quantitative estimate of drug-likeness (QED) is 0.493. The number of hydrogen-bond donors (Lipinski definition) is 1. The van der Waals surface area contributed by atoms with Crippen LogP contribution < -0.4 is 5.32 Å². The smallest absolute Gasteiger partial charge is 0.123 e. The Morgan fingerprint density at radius 1 is 1.00 bits per heavy atom. The van der Waals surface area contributed by atoms with Crippen LogP contribution >= 0.6 is 0 Å². The molecule has 97 valence electrons. The minimum absolute atomic E-state index is 0. The largest absolute Gasteiger partial charge is 0.316 e. The predicted octanol–water partition coefficient (Wildman–Crippen LogP) is 2.92. The van der Waals surface area contributed by atoms with Gasteiger partial charge in [-0.25, -0.2) is 4.39 Å². The molecular formula is C13H18FNY5. The topological polar surface area (TPSA) is 12.0 Å². The second kappa shape index (κ2) is 15.9. The van der Waals surface area contributed by atoms with Crippen molar-refractivity contribution in [3.8, 4) is 0 Å². The molecule has 1 fully saturated rings. The van der Waals surface area contributed by atoms with E-state index in [1.54, 1.807) is 12.1 Å². The van der Waals surface area contributed by atoms with Gasteiger partial charge in [0, 0.05) is 170 Å². The minimum Gasteiger partial charge on any atom is -0.316 e. The molecular weight excluding hydrogens is 634 g/mol. The number of hydrogen-bond acceptors (Lipinski definition) is 1. The van der Waals surface area contributed by atoms with Crippen molar-refractivity contribution >= 4 is 0 Å². The van der Waals surface area contributed by atoms with E-state index in [0.717, 1.165) is 19.5 Å². The summed E-state index contributed by atoms with van der Waals surface area (Å²) in [6.45, 7) is 6.64. The Balaban J connectivity index is -0.000000256. The fraction of sp³-hybridized carbons (Fsp3) is 0.538. The maximum atomic E-state index is 12.8. The fourth-order valence-corrected chi connectivity index (χ4v) is 2.48. The first kappa shape index (κ1) is 32.3. The van der Waals surface area contributed by atoms with Gasteiger partial charge in [0.05, 0.1) is 0 Å².